The van der Waals surface area contributed by atoms with E-state index in [1.807, 2.05) is 0 Å². The molecule has 0 spiro atoms. The van der Waals surface area contributed by atoms with E-state index < -0.39 is 5.82 Å². The molecule has 0 aliphatic heterocycles. The smallest absolute Gasteiger partial charge is 0.243 e. The Bertz CT molecular complexity index is 1220. The molecule has 1 saturated carbocycles. The highest BCUT2D eigenvalue weighted by molar-refractivity contribution is 6.30. The van der Waals surface area contributed by atoms with Crippen LogP contribution >= 0.6 is 11.6 Å². The summed E-state index contributed by atoms with van der Waals surface area (Å²) in [5.74, 6) is -1.36. The van der Waals surface area contributed by atoms with Gasteiger partial charge in [0.25, 0.3) is 0 Å². The van der Waals surface area contributed by atoms with E-state index in [-0.39, 0.29) is 54.0 Å². The monoisotopic (exact) mass is 471 g/mol. The number of nitrogens with one attached hydrogen (secondary N) is 2. The average Bonchev–Trinajstić information content (AvgIpc) is 3.53. The van der Waals surface area contributed by atoms with Crippen molar-refractivity contribution >= 4 is 46.0 Å². The van der Waals surface area contributed by atoms with E-state index in [2.05, 4.69) is 15.6 Å². The Hall–Kier alpha value is -3.46. The molecule has 1 aliphatic rings. The number of aromatic nitrogens is 2. The number of halogens is 2. The fraction of sp³-hybridized carbons (Fsp3) is 0.304. The summed E-state index contributed by atoms with van der Waals surface area (Å²) in [6, 6.07) is 8.09. The Balaban J connectivity index is 1.42. The highest BCUT2D eigenvalue weighted by Crippen LogP contribution is 2.28. The van der Waals surface area contributed by atoms with Crippen molar-refractivity contribution in [2.75, 3.05) is 11.9 Å². The van der Waals surface area contributed by atoms with Crippen molar-refractivity contribution in [2.24, 2.45) is 0 Å². The SMILES string of the molecule is CC(=O)Nc1ccnc2c1ccn2CC(=O)N(CC(=O)NCc1cccc(Cl)c1F)C1CC1. The van der Waals surface area contributed by atoms with Gasteiger partial charge in [-0.2, -0.15) is 0 Å². The normalized spacial score (nSPS) is 13.1. The topological polar surface area (TPSA) is 96.3 Å². The minimum Gasteiger partial charge on any atom is -0.350 e. The third kappa shape index (κ3) is 5.31. The van der Waals surface area contributed by atoms with Gasteiger partial charge in [-0.3, -0.25) is 14.4 Å². The maximum absolute atomic E-state index is 14.0. The van der Waals surface area contributed by atoms with E-state index in [0.717, 1.165) is 18.2 Å². The number of benzene rings is 1. The Morgan fingerprint density at radius 3 is 2.76 bits per heavy atom. The van der Waals surface area contributed by atoms with Crippen LogP contribution in [0.1, 0.15) is 25.3 Å². The molecule has 33 heavy (non-hydrogen) atoms. The third-order valence-electron chi connectivity index (χ3n) is 5.41. The number of nitrogens with zero attached hydrogens (tertiary/aromatic N) is 3. The molecule has 0 atom stereocenters. The zero-order chi connectivity index (χ0) is 23.5. The summed E-state index contributed by atoms with van der Waals surface area (Å²) in [5.41, 5.74) is 1.46. The first-order valence-electron chi connectivity index (χ1n) is 10.5. The summed E-state index contributed by atoms with van der Waals surface area (Å²) < 4.78 is 15.7. The fourth-order valence-corrected chi connectivity index (χ4v) is 3.84. The van der Waals surface area contributed by atoms with Crippen LogP contribution < -0.4 is 10.6 Å². The summed E-state index contributed by atoms with van der Waals surface area (Å²) in [4.78, 5) is 42.9. The number of fused-ring (bicyclic) bond motifs is 1. The van der Waals surface area contributed by atoms with Crippen molar-refractivity contribution in [3.05, 3.63) is 59.1 Å². The van der Waals surface area contributed by atoms with Gasteiger partial charge in [-0.15, -0.1) is 0 Å². The zero-order valence-electron chi connectivity index (χ0n) is 18.0. The predicted octanol–water partition coefficient (Wildman–Crippen LogP) is 3.09. The first kappa shape index (κ1) is 22.7. The van der Waals surface area contributed by atoms with Gasteiger partial charge < -0.3 is 20.1 Å². The fourth-order valence-electron chi connectivity index (χ4n) is 3.65. The van der Waals surface area contributed by atoms with Crippen LogP contribution in [0.25, 0.3) is 11.0 Å². The number of pyridine rings is 1. The molecule has 0 saturated heterocycles. The van der Waals surface area contributed by atoms with Crippen LogP contribution in [0.15, 0.2) is 42.7 Å². The van der Waals surface area contributed by atoms with Gasteiger partial charge in [0, 0.05) is 42.9 Å². The van der Waals surface area contributed by atoms with Gasteiger partial charge >= 0.3 is 0 Å². The van der Waals surface area contributed by atoms with Crippen molar-refractivity contribution in [2.45, 2.75) is 38.9 Å². The molecule has 0 unspecified atom stereocenters. The molecular weight excluding hydrogens is 449 g/mol. The quantitative estimate of drug-likeness (QED) is 0.527. The van der Waals surface area contributed by atoms with Crippen molar-refractivity contribution in [3.8, 4) is 0 Å². The van der Waals surface area contributed by atoms with Gasteiger partial charge in [0.2, 0.25) is 17.7 Å². The highest BCUT2D eigenvalue weighted by atomic mass is 35.5. The molecule has 2 aromatic heterocycles. The number of hydrogen-bond donors (Lipinski definition) is 2. The molecule has 8 nitrogen and oxygen atoms in total. The first-order valence-corrected chi connectivity index (χ1v) is 10.9. The molecule has 1 aliphatic carbocycles. The molecule has 1 aromatic carbocycles. The van der Waals surface area contributed by atoms with Gasteiger partial charge in [0.1, 0.15) is 18.0 Å². The first-order chi connectivity index (χ1) is 15.8. The molecular formula is C23H23ClFN5O3. The van der Waals surface area contributed by atoms with Crippen LogP contribution in [0.5, 0.6) is 0 Å². The van der Waals surface area contributed by atoms with Crippen LogP contribution in [-0.4, -0.2) is 44.8 Å². The standard InChI is InChI=1S/C23H23ClFN5O3/c1-14(31)28-19-7-9-26-23-17(19)8-10-29(23)13-21(33)30(16-5-6-16)12-20(32)27-11-15-3-2-4-18(24)22(15)25/h2-4,7-10,16H,5-6,11-13H2,1H3,(H,27,32)(H,26,28,31). The van der Waals surface area contributed by atoms with Crippen molar-refractivity contribution in [3.63, 3.8) is 0 Å². The maximum atomic E-state index is 14.0. The summed E-state index contributed by atoms with van der Waals surface area (Å²) >= 11 is 5.78. The van der Waals surface area contributed by atoms with Crippen molar-refractivity contribution in [1.29, 1.82) is 0 Å². The molecule has 3 amide bonds. The molecule has 10 heteroatoms. The zero-order valence-corrected chi connectivity index (χ0v) is 18.7. The van der Waals surface area contributed by atoms with Gasteiger partial charge in [0.05, 0.1) is 17.3 Å². The van der Waals surface area contributed by atoms with Crippen LogP contribution in [0.3, 0.4) is 0 Å². The van der Waals surface area contributed by atoms with Crippen LogP contribution in [0.2, 0.25) is 5.02 Å². The number of carbonyl (C=O) groups excluding carboxylic acids is 3. The van der Waals surface area contributed by atoms with Gasteiger partial charge in [-0.05, 0) is 31.0 Å². The van der Waals surface area contributed by atoms with Gasteiger partial charge in [-0.1, -0.05) is 23.7 Å². The Morgan fingerprint density at radius 2 is 2.03 bits per heavy atom. The molecule has 172 valence electrons. The lowest BCUT2D eigenvalue weighted by Gasteiger charge is -2.22. The molecule has 2 N–H and O–H groups in total. The van der Waals surface area contributed by atoms with Gasteiger partial charge in [0.15, 0.2) is 0 Å². The molecule has 3 aromatic rings. The number of anilines is 1. The molecule has 2 heterocycles. The largest absolute Gasteiger partial charge is 0.350 e. The predicted molar refractivity (Wildman–Crippen MR) is 122 cm³/mol. The lowest BCUT2D eigenvalue weighted by molar-refractivity contribution is -0.137. The lowest BCUT2D eigenvalue weighted by Crippen LogP contribution is -2.43. The van der Waals surface area contributed by atoms with E-state index in [4.69, 9.17) is 11.6 Å². The number of amides is 3. The number of rotatable bonds is 8. The second-order valence-electron chi connectivity index (χ2n) is 7.96. The summed E-state index contributed by atoms with van der Waals surface area (Å²) in [6.07, 6.45) is 4.96. The second kappa shape index (κ2) is 9.58. The van der Waals surface area contributed by atoms with E-state index in [1.165, 1.54) is 13.0 Å². The Labute approximate surface area is 194 Å². The van der Waals surface area contributed by atoms with Crippen LogP contribution in [0, 0.1) is 5.82 Å². The summed E-state index contributed by atoms with van der Waals surface area (Å²) in [7, 11) is 0. The second-order valence-corrected chi connectivity index (χ2v) is 8.37. The van der Waals surface area contributed by atoms with Crippen LogP contribution in [0.4, 0.5) is 10.1 Å². The van der Waals surface area contributed by atoms with E-state index >= 15 is 0 Å². The van der Waals surface area contributed by atoms with Crippen LogP contribution in [-0.2, 0) is 27.5 Å². The Morgan fingerprint density at radius 1 is 1.24 bits per heavy atom. The van der Waals surface area contributed by atoms with Gasteiger partial charge in [-0.25, -0.2) is 9.37 Å². The lowest BCUT2D eigenvalue weighted by atomic mass is 10.2. The minimum atomic E-state index is -0.569. The van der Waals surface area contributed by atoms with E-state index in [0.29, 0.717) is 11.3 Å². The number of hydrogen-bond acceptors (Lipinski definition) is 4. The maximum Gasteiger partial charge on any atom is 0.243 e. The molecule has 0 radical (unpaired) electrons. The molecule has 4 rings (SSSR count). The van der Waals surface area contributed by atoms with Crippen molar-refractivity contribution in [1.82, 2.24) is 19.8 Å². The molecule has 0 bridgehead atoms. The van der Waals surface area contributed by atoms with E-state index in [9.17, 15) is 18.8 Å². The van der Waals surface area contributed by atoms with E-state index in [1.54, 1.807) is 46.1 Å². The third-order valence-corrected chi connectivity index (χ3v) is 5.70. The number of carbonyl (C=O) groups is 3. The molecule has 1 fully saturated rings. The van der Waals surface area contributed by atoms with Crippen molar-refractivity contribution < 1.29 is 18.8 Å². The summed E-state index contributed by atoms with van der Waals surface area (Å²) in [6.45, 7) is 1.30. The Kier molecular flexibility index (Phi) is 6.60. The highest BCUT2D eigenvalue weighted by Gasteiger charge is 2.34. The average molecular weight is 472 g/mol. The minimum absolute atomic E-state index is 0.00667. The summed E-state index contributed by atoms with van der Waals surface area (Å²) in [5, 5.41) is 6.12.